The molecule has 0 aliphatic carbocycles. The molecule has 0 radical (unpaired) electrons. The Bertz CT molecular complexity index is 533. The van der Waals surface area contributed by atoms with Gasteiger partial charge in [0.1, 0.15) is 5.82 Å². The zero-order valence-corrected chi connectivity index (χ0v) is 12.7. The molecule has 2 aromatic rings. The molecule has 0 bridgehead atoms. The van der Waals surface area contributed by atoms with Gasteiger partial charge in [-0.05, 0) is 18.6 Å². The number of aromatic nitrogens is 2. The van der Waals surface area contributed by atoms with Crippen molar-refractivity contribution >= 4 is 11.0 Å². The van der Waals surface area contributed by atoms with Crippen LogP contribution in [0.5, 0.6) is 0 Å². The monoisotopic (exact) mass is 274 g/mol. The molecule has 1 unspecified atom stereocenters. The minimum atomic E-state index is -0.271. The van der Waals surface area contributed by atoms with Gasteiger partial charge in [-0.25, -0.2) is 4.98 Å². The molecule has 0 fully saturated rings. The number of aliphatic hydroxyl groups excluding tert-OH is 1. The molecule has 1 atom stereocenters. The molecule has 0 aliphatic rings. The van der Waals surface area contributed by atoms with Crippen molar-refractivity contribution in [2.45, 2.75) is 58.0 Å². The van der Waals surface area contributed by atoms with Crippen LogP contribution in [0, 0.1) is 0 Å². The smallest absolute Gasteiger partial charge is 0.112 e. The van der Waals surface area contributed by atoms with Gasteiger partial charge in [0.15, 0.2) is 0 Å². The fourth-order valence-corrected chi connectivity index (χ4v) is 2.67. The fourth-order valence-electron chi connectivity index (χ4n) is 2.67. The summed E-state index contributed by atoms with van der Waals surface area (Å²) in [6.07, 6.45) is 7.47. The standard InChI is InChI=1S/C17H26N2O/c1-3-4-5-6-7-10-14(20)13-17-18-15-11-8-9-12-16(15)19(17)2/h8-9,11-12,14,20H,3-7,10,13H2,1-2H3. The number of unbranched alkanes of at least 4 members (excludes halogenated alkanes) is 4. The Kier molecular flexibility index (Phi) is 5.60. The van der Waals surface area contributed by atoms with Crippen LogP contribution in [0.25, 0.3) is 11.0 Å². The predicted molar refractivity (Wildman–Crippen MR) is 83.8 cm³/mol. The van der Waals surface area contributed by atoms with Crippen LogP contribution in [0.1, 0.15) is 51.3 Å². The van der Waals surface area contributed by atoms with Crippen LogP contribution in [-0.4, -0.2) is 20.8 Å². The second-order valence-corrected chi connectivity index (χ2v) is 5.64. The normalized spacial score (nSPS) is 12.9. The number of nitrogens with zero attached hydrogens (tertiary/aromatic N) is 2. The average Bonchev–Trinajstić information content (AvgIpc) is 2.76. The predicted octanol–water partition coefficient (Wildman–Crippen LogP) is 3.84. The van der Waals surface area contributed by atoms with Crippen molar-refractivity contribution in [3.8, 4) is 0 Å². The zero-order valence-electron chi connectivity index (χ0n) is 12.7. The summed E-state index contributed by atoms with van der Waals surface area (Å²) >= 11 is 0. The number of para-hydroxylation sites is 2. The number of fused-ring (bicyclic) bond motifs is 1. The maximum Gasteiger partial charge on any atom is 0.112 e. The van der Waals surface area contributed by atoms with E-state index in [1.807, 2.05) is 25.2 Å². The second kappa shape index (κ2) is 7.44. The lowest BCUT2D eigenvalue weighted by Gasteiger charge is -2.10. The number of rotatable bonds is 8. The number of aryl methyl sites for hydroxylation is 1. The fraction of sp³-hybridized carbons (Fsp3) is 0.588. The number of hydrogen-bond acceptors (Lipinski definition) is 2. The lowest BCUT2D eigenvalue weighted by Crippen LogP contribution is -2.13. The lowest BCUT2D eigenvalue weighted by molar-refractivity contribution is 0.158. The van der Waals surface area contributed by atoms with Gasteiger partial charge < -0.3 is 9.67 Å². The van der Waals surface area contributed by atoms with Crippen LogP contribution < -0.4 is 0 Å². The van der Waals surface area contributed by atoms with E-state index in [0.29, 0.717) is 6.42 Å². The van der Waals surface area contributed by atoms with Crippen LogP contribution in [0.3, 0.4) is 0 Å². The summed E-state index contributed by atoms with van der Waals surface area (Å²) in [4.78, 5) is 4.61. The van der Waals surface area contributed by atoms with Gasteiger partial charge >= 0.3 is 0 Å². The van der Waals surface area contributed by atoms with E-state index in [4.69, 9.17) is 0 Å². The summed E-state index contributed by atoms with van der Waals surface area (Å²) in [5, 5.41) is 10.2. The highest BCUT2D eigenvalue weighted by Crippen LogP contribution is 2.17. The minimum Gasteiger partial charge on any atom is -0.393 e. The molecule has 0 aliphatic heterocycles. The van der Waals surface area contributed by atoms with E-state index in [0.717, 1.165) is 29.7 Å². The molecule has 1 N–H and O–H groups in total. The minimum absolute atomic E-state index is 0.271. The van der Waals surface area contributed by atoms with Crippen LogP contribution in [0.15, 0.2) is 24.3 Å². The number of hydrogen-bond donors (Lipinski definition) is 1. The van der Waals surface area contributed by atoms with E-state index < -0.39 is 0 Å². The van der Waals surface area contributed by atoms with Crippen LogP contribution >= 0.6 is 0 Å². The Morgan fingerprint density at radius 3 is 2.65 bits per heavy atom. The van der Waals surface area contributed by atoms with Gasteiger partial charge in [-0.2, -0.15) is 0 Å². The Hall–Kier alpha value is -1.35. The molecule has 3 nitrogen and oxygen atoms in total. The topological polar surface area (TPSA) is 38.1 Å². The molecule has 3 heteroatoms. The third-order valence-corrected chi connectivity index (χ3v) is 3.94. The first-order valence-electron chi connectivity index (χ1n) is 7.80. The van der Waals surface area contributed by atoms with Gasteiger partial charge in [0.05, 0.1) is 17.1 Å². The van der Waals surface area contributed by atoms with E-state index in [2.05, 4.69) is 22.5 Å². The van der Waals surface area contributed by atoms with Crippen molar-refractivity contribution < 1.29 is 5.11 Å². The van der Waals surface area contributed by atoms with Gasteiger partial charge in [-0.1, -0.05) is 51.2 Å². The largest absolute Gasteiger partial charge is 0.393 e. The average molecular weight is 274 g/mol. The van der Waals surface area contributed by atoms with Gasteiger partial charge in [0.25, 0.3) is 0 Å². The van der Waals surface area contributed by atoms with Crippen molar-refractivity contribution in [3.05, 3.63) is 30.1 Å². The molecular formula is C17H26N2O. The lowest BCUT2D eigenvalue weighted by atomic mass is 10.1. The molecular weight excluding hydrogens is 248 g/mol. The second-order valence-electron chi connectivity index (χ2n) is 5.64. The molecule has 0 saturated heterocycles. The van der Waals surface area contributed by atoms with Crippen LogP contribution in [0.4, 0.5) is 0 Å². The molecule has 1 aromatic carbocycles. The van der Waals surface area contributed by atoms with E-state index in [1.54, 1.807) is 0 Å². The molecule has 0 saturated carbocycles. The van der Waals surface area contributed by atoms with Crippen LogP contribution in [-0.2, 0) is 13.5 Å². The number of imidazole rings is 1. The Balaban J connectivity index is 1.86. The van der Waals surface area contributed by atoms with Crippen molar-refractivity contribution in [1.29, 1.82) is 0 Å². The van der Waals surface area contributed by atoms with Gasteiger partial charge in [-0.3, -0.25) is 0 Å². The molecule has 1 heterocycles. The summed E-state index contributed by atoms with van der Waals surface area (Å²) in [6, 6.07) is 8.13. The van der Waals surface area contributed by atoms with Gasteiger partial charge in [0, 0.05) is 13.5 Å². The summed E-state index contributed by atoms with van der Waals surface area (Å²) < 4.78 is 2.09. The summed E-state index contributed by atoms with van der Waals surface area (Å²) in [5.41, 5.74) is 2.15. The Morgan fingerprint density at radius 1 is 1.15 bits per heavy atom. The molecule has 2 rings (SSSR count). The van der Waals surface area contributed by atoms with Crippen molar-refractivity contribution in [2.75, 3.05) is 0 Å². The quantitative estimate of drug-likeness (QED) is 0.743. The first-order valence-corrected chi connectivity index (χ1v) is 7.80. The number of aliphatic hydroxyl groups is 1. The SMILES string of the molecule is CCCCCCCC(O)Cc1nc2ccccc2n1C. The molecule has 0 spiro atoms. The van der Waals surface area contributed by atoms with Crippen molar-refractivity contribution in [3.63, 3.8) is 0 Å². The Labute approximate surface area is 121 Å². The van der Waals surface area contributed by atoms with Crippen molar-refractivity contribution in [2.24, 2.45) is 7.05 Å². The van der Waals surface area contributed by atoms with E-state index in [-0.39, 0.29) is 6.10 Å². The highest BCUT2D eigenvalue weighted by atomic mass is 16.3. The first-order chi connectivity index (χ1) is 9.72. The Morgan fingerprint density at radius 2 is 1.90 bits per heavy atom. The highest BCUT2D eigenvalue weighted by molar-refractivity contribution is 5.75. The maximum atomic E-state index is 10.2. The third-order valence-electron chi connectivity index (χ3n) is 3.94. The highest BCUT2D eigenvalue weighted by Gasteiger charge is 2.12. The zero-order chi connectivity index (χ0) is 14.4. The summed E-state index contributed by atoms with van der Waals surface area (Å²) in [6.45, 7) is 2.22. The third kappa shape index (κ3) is 3.83. The molecule has 1 aromatic heterocycles. The van der Waals surface area contributed by atoms with Crippen molar-refractivity contribution in [1.82, 2.24) is 9.55 Å². The van der Waals surface area contributed by atoms with E-state index in [1.165, 1.54) is 25.7 Å². The van der Waals surface area contributed by atoms with Gasteiger partial charge in [0.2, 0.25) is 0 Å². The van der Waals surface area contributed by atoms with E-state index >= 15 is 0 Å². The molecule has 0 amide bonds. The summed E-state index contributed by atoms with van der Waals surface area (Å²) in [7, 11) is 2.03. The molecule has 20 heavy (non-hydrogen) atoms. The molecule has 110 valence electrons. The first kappa shape index (κ1) is 15.0. The number of benzene rings is 1. The van der Waals surface area contributed by atoms with Crippen LogP contribution in [0.2, 0.25) is 0 Å². The maximum absolute atomic E-state index is 10.2. The van der Waals surface area contributed by atoms with Gasteiger partial charge in [-0.15, -0.1) is 0 Å². The van der Waals surface area contributed by atoms with E-state index in [9.17, 15) is 5.11 Å². The summed E-state index contributed by atoms with van der Waals surface area (Å²) in [5.74, 6) is 0.979.